The van der Waals surface area contributed by atoms with Crippen molar-refractivity contribution < 1.29 is 10.2 Å². The van der Waals surface area contributed by atoms with Crippen molar-refractivity contribution >= 4 is 38.6 Å². The lowest BCUT2D eigenvalue weighted by Gasteiger charge is -2.17. The van der Waals surface area contributed by atoms with Crippen LogP contribution in [-0.4, -0.2) is 31.6 Å². The van der Waals surface area contributed by atoms with E-state index in [0.29, 0.717) is 33.5 Å². The molecule has 1 aromatic carbocycles. The maximum absolute atomic E-state index is 10.00. The van der Waals surface area contributed by atoms with Crippen molar-refractivity contribution in [3.05, 3.63) is 35.1 Å². The van der Waals surface area contributed by atoms with E-state index >= 15 is 0 Å². The number of halogens is 2. The van der Waals surface area contributed by atoms with E-state index < -0.39 is 12.2 Å². The molecule has 0 spiro atoms. The first-order valence-corrected chi connectivity index (χ1v) is 6.96. The van der Waals surface area contributed by atoms with Crippen LogP contribution >= 0.6 is 27.5 Å². The zero-order valence-corrected chi connectivity index (χ0v) is 11.8. The van der Waals surface area contributed by atoms with Crippen LogP contribution in [0, 0.1) is 0 Å². The quantitative estimate of drug-likeness (QED) is 0.845. The Morgan fingerprint density at radius 2 is 2.06 bits per heavy atom. The highest BCUT2D eigenvalue weighted by atomic mass is 79.9. The van der Waals surface area contributed by atoms with Gasteiger partial charge in [0.05, 0.1) is 23.3 Å². The van der Waals surface area contributed by atoms with Gasteiger partial charge in [0, 0.05) is 5.33 Å². The zero-order chi connectivity index (χ0) is 13.1. The second-order valence-corrected chi connectivity index (χ2v) is 5.11. The van der Waals surface area contributed by atoms with Gasteiger partial charge in [-0.2, -0.15) is 0 Å². The summed E-state index contributed by atoms with van der Waals surface area (Å²) < 4.78 is 0. The molecule has 0 aliphatic heterocycles. The largest absolute Gasteiger partial charge is 0.390 e. The number of aliphatic hydroxyl groups is 2. The van der Waals surface area contributed by atoms with Crippen molar-refractivity contribution in [3.63, 3.8) is 0 Å². The molecule has 2 aromatic rings. The lowest BCUT2D eigenvalue weighted by Crippen LogP contribution is -2.18. The van der Waals surface area contributed by atoms with Crippen LogP contribution < -0.4 is 0 Å². The van der Waals surface area contributed by atoms with Gasteiger partial charge in [0.25, 0.3) is 0 Å². The first kappa shape index (κ1) is 13.7. The summed E-state index contributed by atoms with van der Waals surface area (Å²) in [6.45, 7) is 0. The van der Waals surface area contributed by atoms with Crippen LogP contribution in [0.15, 0.2) is 24.4 Å². The van der Waals surface area contributed by atoms with E-state index in [1.165, 1.54) is 6.20 Å². The number of aliphatic hydroxyl groups excluding tert-OH is 2. The Morgan fingerprint density at radius 3 is 2.78 bits per heavy atom. The number of rotatable bonds is 4. The molecule has 0 aliphatic carbocycles. The molecule has 0 saturated heterocycles. The SMILES string of the molecule is OC(CCBr)C(O)c1ccc2ncc(Cl)nc2c1. The minimum absolute atomic E-state index is 0.301. The van der Waals surface area contributed by atoms with Gasteiger partial charge in [-0.25, -0.2) is 4.98 Å². The van der Waals surface area contributed by atoms with Gasteiger partial charge in [0.1, 0.15) is 11.3 Å². The molecule has 2 N–H and O–H groups in total. The Bertz CT molecular complexity index is 553. The van der Waals surface area contributed by atoms with Crippen molar-refractivity contribution in [1.82, 2.24) is 9.97 Å². The molecule has 2 atom stereocenters. The number of alkyl halides is 1. The van der Waals surface area contributed by atoms with Gasteiger partial charge < -0.3 is 10.2 Å². The maximum atomic E-state index is 10.00. The summed E-state index contributed by atoms with van der Waals surface area (Å²) in [5.74, 6) is 0. The zero-order valence-electron chi connectivity index (χ0n) is 9.42. The predicted molar refractivity (Wildman–Crippen MR) is 73.9 cm³/mol. The van der Waals surface area contributed by atoms with E-state index in [2.05, 4.69) is 25.9 Å². The fraction of sp³-hybridized carbons (Fsp3) is 0.333. The predicted octanol–water partition coefficient (Wildman–Crippen LogP) is 2.46. The normalized spacial score (nSPS) is 14.7. The van der Waals surface area contributed by atoms with Crippen LogP contribution in [0.5, 0.6) is 0 Å². The van der Waals surface area contributed by atoms with Gasteiger partial charge in [-0.1, -0.05) is 33.6 Å². The average molecular weight is 332 g/mol. The molecule has 4 nitrogen and oxygen atoms in total. The molecule has 2 unspecified atom stereocenters. The summed E-state index contributed by atoms with van der Waals surface area (Å²) >= 11 is 9.00. The third kappa shape index (κ3) is 2.98. The summed E-state index contributed by atoms with van der Waals surface area (Å²) in [6, 6.07) is 5.17. The molecule has 0 fully saturated rings. The highest BCUT2D eigenvalue weighted by Gasteiger charge is 2.18. The van der Waals surface area contributed by atoms with Gasteiger partial charge in [0.2, 0.25) is 0 Å². The van der Waals surface area contributed by atoms with Crippen LogP contribution in [0.2, 0.25) is 5.15 Å². The lowest BCUT2D eigenvalue weighted by molar-refractivity contribution is 0.0174. The third-order valence-electron chi connectivity index (χ3n) is 2.65. The molecule has 0 aliphatic rings. The van der Waals surface area contributed by atoms with E-state index in [9.17, 15) is 10.2 Å². The Kier molecular flexibility index (Phi) is 4.50. The minimum atomic E-state index is -0.937. The van der Waals surface area contributed by atoms with E-state index in [4.69, 9.17) is 11.6 Å². The van der Waals surface area contributed by atoms with Crippen LogP contribution in [0.4, 0.5) is 0 Å². The second kappa shape index (κ2) is 5.93. The molecule has 1 aromatic heterocycles. The topological polar surface area (TPSA) is 66.2 Å². The monoisotopic (exact) mass is 330 g/mol. The summed E-state index contributed by atoms with van der Waals surface area (Å²) in [5.41, 5.74) is 1.91. The van der Waals surface area contributed by atoms with Crippen molar-refractivity contribution in [2.75, 3.05) is 5.33 Å². The molecule has 0 amide bonds. The van der Waals surface area contributed by atoms with Crippen LogP contribution in [0.25, 0.3) is 11.0 Å². The standard InChI is InChI=1S/C12H12BrClN2O2/c13-4-3-10(17)12(18)7-1-2-8-9(5-7)16-11(14)6-15-8/h1-2,5-6,10,12,17-18H,3-4H2. The molecular formula is C12H12BrClN2O2. The maximum Gasteiger partial charge on any atom is 0.148 e. The van der Waals surface area contributed by atoms with Crippen molar-refractivity contribution in [1.29, 1.82) is 0 Å². The van der Waals surface area contributed by atoms with Gasteiger partial charge >= 0.3 is 0 Å². The molecule has 0 bridgehead atoms. The highest BCUT2D eigenvalue weighted by Crippen LogP contribution is 2.23. The van der Waals surface area contributed by atoms with Crippen LogP contribution in [0.3, 0.4) is 0 Å². The molecular weight excluding hydrogens is 320 g/mol. The van der Waals surface area contributed by atoms with E-state index in [-0.39, 0.29) is 0 Å². The number of benzene rings is 1. The minimum Gasteiger partial charge on any atom is -0.390 e. The number of fused-ring (bicyclic) bond motifs is 1. The number of aromatic nitrogens is 2. The Morgan fingerprint density at radius 1 is 1.28 bits per heavy atom. The van der Waals surface area contributed by atoms with Crippen molar-refractivity contribution in [2.45, 2.75) is 18.6 Å². The summed E-state index contributed by atoms with van der Waals surface area (Å²) in [6.07, 6.45) is 0.196. The van der Waals surface area contributed by atoms with Gasteiger partial charge in [-0.15, -0.1) is 0 Å². The van der Waals surface area contributed by atoms with Crippen LogP contribution in [0.1, 0.15) is 18.1 Å². The average Bonchev–Trinajstić information content (AvgIpc) is 2.37. The van der Waals surface area contributed by atoms with Gasteiger partial charge in [0.15, 0.2) is 0 Å². The van der Waals surface area contributed by atoms with E-state index in [0.717, 1.165) is 0 Å². The molecule has 2 rings (SSSR count). The van der Waals surface area contributed by atoms with E-state index in [1.54, 1.807) is 18.2 Å². The van der Waals surface area contributed by atoms with Gasteiger partial charge in [-0.3, -0.25) is 4.98 Å². The Labute approximate surface area is 118 Å². The van der Waals surface area contributed by atoms with Crippen LogP contribution in [-0.2, 0) is 0 Å². The smallest absolute Gasteiger partial charge is 0.148 e. The molecule has 0 radical (unpaired) electrons. The fourth-order valence-electron chi connectivity index (χ4n) is 1.68. The number of hydrogen-bond donors (Lipinski definition) is 2. The Balaban J connectivity index is 2.34. The lowest BCUT2D eigenvalue weighted by atomic mass is 10.0. The molecule has 0 saturated carbocycles. The molecule has 6 heteroatoms. The fourth-order valence-corrected chi connectivity index (χ4v) is 2.29. The van der Waals surface area contributed by atoms with Gasteiger partial charge in [-0.05, 0) is 24.1 Å². The summed E-state index contributed by atoms with van der Waals surface area (Å²) in [4.78, 5) is 8.24. The second-order valence-electron chi connectivity index (χ2n) is 3.93. The highest BCUT2D eigenvalue weighted by molar-refractivity contribution is 9.09. The molecule has 96 valence electrons. The summed E-state index contributed by atoms with van der Waals surface area (Å²) in [5, 5.41) is 20.7. The third-order valence-corrected chi connectivity index (χ3v) is 3.29. The van der Waals surface area contributed by atoms with E-state index in [1.807, 2.05) is 0 Å². The number of nitrogens with zero attached hydrogens (tertiary/aromatic N) is 2. The van der Waals surface area contributed by atoms with Crippen molar-refractivity contribution in [2.24, 2.45) is 0 Å². The first-order valence-electron chi connectivity index (χ1n) is 5.46. The summed E-state index contributed by atoms with van der Waals surface area (Å²) in [7, 11) is 0. The first-order chi connectivity index (χ1) is 8.61. The van der Waals surface area contributed by atoms with Crippen molar-refractivity contribution in [3.8, 4) is 0 Å². The number of hydrogen-bond acceptors (Lipinski definition) is 4. The molecule has 1 heterocycles. The molecule has 18 heavy (non-hydrogen) atoms. The Hall–Kier alpha value is -0.750.